The largest absolute Gasteiger partial charge is 0.313 e. The third-order valence-electron chi connectivity index (χ3n) is 3.68. The molecule has 1 aliphatic carbocycles. The van der Waals surface area contributed by atoms with Crippen LogP contribution in [0.2, 0.25) is 0 Å². The Labute approximate surface area is 111 Å². The van der Waals surface area contributed by atoms with Gasteiger partial charge >= 0.3 is 0 Å². The van der Waals surface area contributed by atoms with E-state index >= 15 is 0 Å². The smallest absolute Gasteiger partial charge is 0.124 e. The summed E-state index contributed by atoms with van der Waals surface area (Å²) in [6.45, 7) is 0. The lowest BCUT2D eigenvalue weighted by Crippen LogP contribution is -2.19. The number of halogens is 2. The van der Waals surface area contributed by atoms with Crippen LogP contribution < -0.4 is 5.32 Å². The summed E-state index contributed by atoms with van der Waals surface area (Å²) in [7, 11) is 1.96. The average Bonchev–Trinajstić information content (AvgIpc) is 2.77. The van der Waals surface area contributed by atoms with E-state index < -0.39 is 0 Å². The van der Waals surface area contributed by atoms with E-state index in [4.69, 9.17) is 0 Å². The van der Waals surface area contributed by atoms with E-state index in [0.29, 0.717) is 0 Å². The van der Waals surface area contributed by atoms with E-state index in [0.717, 1.165) is 22.4 Å². The molecule has 1 saturated carbocycles. The van der Waals surface area contributed by atoms with Gasteiger partial charge in [0, 0.05) is 10.5 Å². The minimum Gasteiger partial charge on any atom is -0.313 e. The lowest BCUT2D eigenvalue weighted by molar-refractivity contribution is 0.412. The Kier molecular flexibility index (Phi) is 4.57. The van der Waals surface area contributed by atoms with Crippen LogP contribution >= 0.6 is 15.9 Å². The van der Waals surface area contributed by atoms with Crippen molar-refractivity contribution in [3.63, 3.8) is 0 Å². The Morgan fingerprint density at radius 1 is 1.35 bits per heavy atom. The van der Waals surface area contributed by atoms with Gasteiger partial charge in [0.1, 0.15) is 5.82 Å². The molecule has 1 N–H and O–H groups in total. The van der Waals surface area contributed by atoms with Crippen LogP contribution in [0.1, 0.15) is 43.7 Å². The molecular weight excluding hydrogens is 281 g/mol. The highest BCUT2D eigenvalue weighted by molar-refractivity contribution is 9.10. The summed E-state index contributed by atoms with van der Waals surface area (Å²) >= 11 is 3.36. The zero-order chi connectivity index (χ0) is 12.3. The molecule has 1 atom stereocenters. The fourth-order valence-electron chi connectivity index (χ4n) is 2.78. The van der Waals surface area contributed by atoms with E-state index in [-0.39, 0.29) is 11.9 Å². The number of rotatable bonds is 4. The van der Waals surface area contributed by atoms with Crippen LogP contribution in [-0.2, 0) is 0 Å². The summed E-state index contributed by atoms with van der Waals surface area (Å²) in [4.78, 5) is 0. The summed E-state index contributed by atoms with van der Waals surface area (Å²) in [5.41, 5.74) is 1.05. The maximum absolute atomic E-state index is 13.4. The van der Waals surface area contributed by atoms with E-state index in [2.05, 4.69) is 21.2 Å². The minimum atomic E-state index is -0.166. The molecule has 94 valence electrons. The number of benzene rings is 1. The molecule has 17 heavy (non-hydrogen) atoms. The van der Waals surface area contributed by atoms with Gasteiger partial charge in [0.05, 0.1) is 0 Å². The van der Waals surface area contributed by atoms with Crippen molar-refractivity contribution in [3.8, 4) is 0 Å². The fraction of sp³-hybridized carbons (Fsp3) is 0.571. The van der Waals surface area contributed by atoms with Crippen LogP contribution in [0.4, 0.5) is 4.39 Å². The molecule has 0 heterocycles. The van der Waals surface area contributed by atoms with Gasteiger partial charge in [-0.3, -0.25) is 0 Å². The molecule has 0 aliphatic heterocycles. The van der Waals surface area contributed by atoms with Crippen LogP contribution in [0.25, 0.3) is 0 Å². The summed E-state index contributed by atoms with van der Waals surface area (Å²) < 4.78 is 14.2. The van der Waals surface area contributed by atoms with Crippen molar-refractivity contribution in [2.75, 3.05) is 7.05 Å². The fourth-order valence-corrected chi connectivity index (χ4v) is 3.26. The summed E-state index contributed by atoms with van der Waals surface area (Å²) in [6.07, 6.45) is 6.48. The van der Waals surface area contributed by atoms with Crippen molar-refractivity contribution in [3.05, 3.63) is 34.1 Å². The van der Waals surface area contributed by atoms with E-state index in [9.17, 15) is 4.39 Å². The first kappa shape index (κ1) is 13.0. The topological polar surface area (TPSA) is 12.0 Å². The molecule has 0 spiro atoms. The summed E-state index contributed by atoms with van der Waals surface area (Å²) in [5, 5.41) is 3.31. The maximum Gasteiger partial charge on any atom is 0.124 e. The van der Waals surface area contributed by atoms with Crippen LogP contribution in [0.15, 0.2) is 22.7 Å². The molecule has 1 aliphatic rings. The second-order valence-corrected chi connectivity index (χ2v) is 5.85. The van der Waals surface area contributed by atoms with Crippen LogP contribution in [0.3, 0.4) is 0 Å². The molecule has 0 amide bonds. The Morgan fingerprint density at radius 2 is 2.06 bits per heavy atom. The van der Waals surface area contributed by atoms with E-state index in [1.165, 1.54) is 31.7 Å². The third-order valence-corrected chi connectivity index (χ3v) is 4.14. The molecule has 0 saturated heterocycles. The van der Waals surface area contributed by atoms with Gasteiger partial charge < -0.3 is 5.32 Å². The first-order valence-corrected chi connectivity index (χ1v) is 7.11. The van der Waals surface area contributed by atoms with Crippen molar-refractivity contribution < 1.29 is 4.39 Å². The monoisotopic (exact) mass is 299 g/mol. The molecule has 1 unspecified atom stereocenters. The Hall–Kier alpha value is -0.410. The van der Waals surface area contributed by atoms with Crippen molar-refractivity contribution in [2.45, 2.75) is 38.1 Å². The number of hydrogen-bond donors (Lipinski definition) is 1. The molecule has 0 radical (unpaired) electrons. The quantitative estimate of drug-likeness (QED) is 0.867. The third kappa shape index (κ3) is 3.52. The Balaban J connectivity index is 2.10. The van der Waals surface area contributed by atoms with Gasteiger partial charge in [0.25, 0.3) is 0 Å². The Morgan fingerprint density at radius 3 is 2.65 bits per heavy atom. The Bertz CT molecular complexity index is 354. The molecule has 1 nitrogen and oxygen atoms in total. The number of hydrogen-bond acceptors (Lipinski definition) is 1. The highest BCUT2D eigenvalue weighted by Gasteiger charge is 2.20. The normalized spacial score (nSPS) is 18.5. The van der Waals surface area contributed by atoms with Gasteiger partial charge in [0.2, 0.25) is 0 Å². The minimum absolute atomic E-state index is 0.166. The van der Waals surface area contributed by atoms with Gasteiger partial charge in [-0.15, -0.1) is 0 Å². The molecule has 3 heteroatoms. The molecular formula is C14H19BrFN. The second-order valence-electron chi connectivity index (χ2n) is 4.93. The van der Waals surface area contributed by atoms with Crippen molar-refractivity contribution in [1.29, 1.82) is 0 Å². The van der Waals surface area contributed by atoms with Crippen molar-refractivity contribution in [1.82, 2.24) is 5.32 Å². The zero-order valence-corrected chi connectivity index (χ0v) is 11.8. The van der Waals surface area contributed by atoms with Crippen LogP contribution in [0.5, 0.6) is 0 Å². The highest BCUT2D eigenvalue weighted by Crippen LogP contribution is 2.33. The molecule has 1 fully saturated rings. The summed E-state index contributed by atoms with van der Waals surface area (Å²) in [6, 6.07) is 5.43. The maximum atomic E-state index is 13.4. The van der Waals surface area contributed by atoms with Crippen molar-refractivity contribution >= 4 is 15.9 Å². The first-order chi connectivity index (χ1) is 8.19. The molecule has 2 rings (SSSR count). The van der Waals surface area contributed by atoms with Crippen molar-refractivity contribution in [2.24, 2.45) is 5.92 Å². The van der Waals surface area contributed by atoms with Gasteiger partial charge in [-0.05, 0) is 43.1 Å². The summed E-state index contributed by atoms with van der Waals surface area (Å²) in [5.74, 6) is 0.635. The van der Waals surface area contributed by atoms with Crippen LogP contribution in [0, 0.1) is 11.7 Å². The molecule has 1 aromatic carbocycles. The van der Waals surface area contributed by atoms with Crippen LogP contribution in [-0.4, -0.2) is 7.05 Å². The predicted molar refractivity (Wildman–Crippen MR) is 72.5 cm³/mol. The van der Waals surface area contributed by atoms with E-state index in [1.54, 1.807) is 6.07 Å². The van der Waals surface area contributed by atoms with Gasteiger partial charge in [0.15, 0.2) is 0 Å². The average molecular weight is 300 g/mol. The molecule has 0 bridgehead atoms. The molecule has 0 aromatic heterocycles. The lowest BCUT2D eigenvalue weighted by Gasteiger charge is -2.20. The zero-order valence-electron chi connectivity index (χ0n) is 10.2. The molecule has 1 aromatic rings. The van der Waals surface area contributed by atoms with Gasteiger partial charge in [-0.1, -0.05) is 41.6 Å². The predicted octanol–water partition coefficient (Wildman–Crippen LogP) is 4.43. The highest BCUT2D eigenvalue weighted by atomic mass is 79.9. The first-order valence-electron chi connectivity index (χ1n) is 6.32. The standard InChI is InChI=1S/C14H19BrFN/c1-17-14(6-10-4-2-3-5-10)11-7-12(15)9-13(16)8-11/h7-10,14,17H,2-6H2,1H3. The van der Waals surface area contributed by atoms with Gasteiger partial charge in [-0.25, -0.2) is 4.39 Å². The number of nitrogens with one attached hydrogen (secondary N) is 1. The van der Waals surface area contributed by atoms with E-state index in [1.807, 2.05) is 13.1 Å². The second kappa shape index (κ2) is 5.96. The van der Waals surface area contributed by atoms with Gasteiger partial charge in [-0.2, -0.15) is 0 Å². The lowest BCUT2D eigenvalue weighted by atomic mass is 9.94. The SMILES string of the molecule is CNC(CC1CCCC1)c1cc(F)cc(Br)c1.